The molecule has 0 aliphatic carbocycles. The predicted molar refractivity (Wildman–Crippen MR) is 132 cm³/mol. The number of benzene rings is 2. The molecule has 1 fully saturated rings. The standard InChI is InChI=1S/C28H30N2O4/c1-33-27-3-2-14-30(28(27)32)26(21-31)19-24-10-6-22(7-11-24)4-5-23-8-12-25(13-9-23)20-29-15-17-34-18-16-29/h2-3,6-14,26,31H,15-21H2,1H3. The van der Waals surface area contributed by atoms with Crippen LogP contribution in [0, 0.1) is 11.8 Å². The van der Waals surface area contributed by atoms with Gasteiger partial charge in [0.1, 0.15) is 0 Å². The van der Waals surface area contributed by atoms with Crippen molar-refractivity contribution in [2.45, 2.75) is 19.0 Å². The summed E-state index contributed by atoms with van der Waals surface area (Å²) in [6.45, 7) is 4.37. The van der Waals surface area contributed by atoms with Gasteiger partial charge in [-0.2, -0.15) is 0 Å². The number of morpholine rings is 1. The Kier molecular flexibility index (Phi) is 8.16. The van der Waals surface area contributed by atoms with E-state index in [2.05, 4.69) is 41.0 Å². The van der Waals surface area contributed by atoms with Crippen LogP contribution in [0.4, 0.5) is 0 Å². The van der Waals surface area contributed by atoms with Crippen molar-refractivity contribution >= 4 is 0 Å². The van der Waals surface area contributed by atoms with Crippen LogP contribution in [0.3, 0.4) is 0 Å². The monoisotopic (exact) mass is 458 g/mol. The number of methoxy groups -OCH3 is 1. The van der Waals surface area contributed by atoms with Gasteiger partial charge in [0.15, 0.2) is 5.75 Å². The molecule has 1 N–H and O–H groups in total. The van der Waals surface area contributed by atoms with Gasteiger partial charge in [-0.1, -0.05) is 36.1 Å². The quantitative estimate of drug-likeness (QED) is 0.552. The summed E-state index contributed by atoms with van der Waals surface area (Å²) in [6, 6.07) is 19.3. The summed E-state index contributed by atoms with van der Waals surface area (Å²) in [5, 5.41) is 9.87. The molecule has 0 radical (unpaired) electrons. The fourth-order valence-electron chi connectivity index (χ4n) is 4.03. The third kappa shape index (κ3) is 6.15. The number of hydrogen-bond acceptors (Lipinski definition) is 5. The number of aliphatic hydroxyl groups excluding tert-OH is 1. The van der Waals surface area contributed by atoms with Crippen molar-refractivity contribution in [1.29, 1.82) is 0 Å². The van der Waals surface area contributed by atoms with Crippen LogP contribution < -0.4 is 10.3 Å². The molecule has 34 heavy (non-hydrogen) atoms. The molecule has 176 valence electrons. The van der Waals surface area contributed by atoms with Gasteiger partial charge in [0.05, 0.1) is 33.0 Å². The number of aromatic nitrogens is 1. The van der Waals surface area contributed by atoms with Crippen LogP contribution >= 0.6 is 0 Å². The van der Waals surface area contributed by atoms with Crippen LogP contribution in [0.25, 0.3) is 0 Å². The highest BCUT2D eigenvalue weighted by Gasteiger charge is 2.14. The van der Waals surface area contributed by atoms with Crippen molar-refractivity contribution in [1.82, 2.24) is 9.47 Å². The minimum atomic E-state index is -0.365. The van der Waals surface area contributed by atoms with Gasteiger partial charge in [-0.05, 0) is 53.9 Å². The van der Waals surface area contributed by atoms with E-state index >= 15 is 0 Å². The Morgan fingerprint density at radius 3 is 2.18 bits per heavy atom. The average molecular weight is 459 g/mol. The Morgan fingerprint density at radius 2 is 1.59 bits per heavy atom. The minimum absolute atomic E-state index is 0.143. The van der Waals surface area contributed by atoms with Gasteiger partial charge in [0, 0.05) is 37.0 Å². The summed E-state index contributed by atoms with van der Waals surface area (Å²) in [7, 11) is 1.47. The molecule has 2 aromatic carbocycles. The number of ether oxygens (including phenoxy) is 2. The lowest BCUT2D eigenvalue weighted by Crippen LogP contribution is -2.35. The van der Waals surface area contributed by atoms with Gasteiger partial charge < -0.3 is 19.1 Å². The largest absolute Gasteiger partial charge is 0.491 e. The maximum Gasteiger partial charge on any atom is 0.293 e. The van der Waals surface area contributed by atoms with Crippen molar-refractivity contribution in [2.75, 3.05) is 40.0 Å². The second-order valence-corrected chi connectivity index (χ2v) is 8.36. The molecule has 3 aromatic rings. The molecule has 1 unspecified atom stereocenters. The summed E-state index contributed by atoms with van der Waals surface area (Å²) in [4.78, 5) is 14.9. The van der Waals surface area contributed by atoms with Crippen molar-refractivity contribution < 1.29 is 14.6 Å². The molecule has 1 aromatic heterocycles. The molecule has 0 saturated carbocycles. The summed E-state index contributed by atoms with van der Waals surface area (Å²) in [6.07, 6.45) is 2.21. The molecule has 6 nitrogen and oxygen atoms in total. The number of pyridine rings is 1. The SMILES string of the molecule is COc1cccn(C(CO)Cc2ccc(C#Cc3ccc(CN4CCOCC4)cc3)cc2)c1=O. The van der Waals surface area contributed by atoms with E-state index in [1.807, 2.05) is 24.3 Å². The lowest BCUT2D eigenvalue weighted by molar-refractivity contribution is 0.0342. The van der Waals surface area contributed by atoms with Gasteiger partial charge in [-0.25, -0.2) is 0 Å². The summed E-state index contributed by atoms with van der Waals surface area (Å²) < 4.78 is 12.0. The van der Waals surface area contributed by atoms with Gasteiger partial charge >= 0.3 is 0 Å². The van der Waals surface area contributed by atoms with E-state index in [1.54, 1.807) is 18.3 Å². The highest BCUT2D eigenvalue weighted by Crippen LogP contribution is 2.15. The third-order valence-corrected chi connectivity index (χ3v) is 6.00. The van der Waals surface area contributed by atoms with Gasteiger partial charge in [0.2, 0.25) is 0 Å². The van der Waals surface area contributed by atoms with Gasteiger partial charge in [-0.15, -0.1) is 0 Å². The fourth-order valence-corrected chi connectivity index (χ4v) is 4.03. The van der Waals surface area contributed by atoms with Crippen LogP contribution in [-0.2, 0) is 17.7 Å². The maximum absolute atomic E-state index is 12.5. The lowest BCUT2D eigenvalue weighted by Gasteiger charge is -2.26. The molecule has 1 saturated heterocycles. The molecule has 0 amide bonds. The van der Waals surface area contributed by atoms with E-state index in [4.69, 9.17) is 9.47 Å². The van der Waals surface area contributed by atoms with Crippen LogP contribution in [0.5, 0.6) is 5.75 Å². The topological polar surface area (TPSA) is 63.9 Å². The first-order chi connectivity index (χ1) is 16.7. The normalized spacial score (nSPS) is 14.8. The van der Waals surface area contributed by atoms with Crippen LogP contribution in [0.2, 0.25) is 0 Å². The zero-order valence-electron chi connectivity index (χ0n) is 19.4. The van der Waals surface area contributed by atoms with Crippen LogP contribution in [-0.4, -0.2) is 54.6 Å². The van der Waals surface area contributed by atoms with Crippen molar-refractivity contribution in [3.63, 3.8) is 0 Å². The van der Waals surface area contributed by atoms with E-state index in [1.165, 1.54) is 17.2 Å². The van der Waals surface area contributed by atoms with E-state index < -0.39 is 0 Å². The van der Waals surface area contributed by atoms with Gasteiger partial charge in [0.25, 0.3) is 5.56 Å². The van der Waals surface area contributed by atoms with E-state index in [0.717, 1.165) is 49.5 Å². The first-order valence-corrected chi connectivity index (χ1v) is 11.5. The highest BCUT2D eigenvalue weighted by molar-refractivity contribution is 5.44. The summed E-state index contributed by atoms with van der Waals surface area (Å²) >= 11 is 0. The fraction of sp³-hybridized carbons (Fsp3) is 0.321. The van der Waals surface area contributed by atoms with E-state index in [-0.39, 0.29) is 24.0 Å². The van der Waals surface area contributed by atoms with Gasteiger partial charge in [-0.3, -0.25) is 9.69 Å². The Labute approximate surface area is 200 Å². The lowest BCUT2D eigenvalue weighted by atomic mass is 10.0. The van der Waals surface area contributed by atoms with E-state index in [0.29, 0.717) is 6.42 Å². The molecule has 0 bridgehead atoms. The number of hydrogen-bond donors (Lipinski definition) is 1. The van der Waals surface area contributed by atoms with Crippen LogP contribution in [0.1, 0.15) is 28.3 Å². The number of rotatable bonds is 7. The molecular weight excluding hydrogens is 428 g/mol. The third-order valence-electron chi connectivity index (χ3n) is 6.00. The highest BCUT2D eigenvalue weighted by atomic mass is 16.5. The van der Waals surface area contributed by atoms with Crippen LogP contribution in [0.15, 0.2) is 71.7 Å². The van der Waals surface area contributed by atoms with Crippen molar-refractivity contribution in [3.8, 4) is 17.6 Å². The first-order valence-electron chi connectivity index (χ1n) is 11.5. The number of nitrogens with zero attached hydrogens (tertiary/aromatic N) is 2. The molecular formula is C28H30N2O4. The Bertz CT molecular complexity index is 1180. The molecule has 1 aliphatic rings. The second kappa shape index (κ2) is 11.7. The zero-order valence-corrected chi connectivity index (χ0v) is 19.4. The Balaban J connectivity index is 1.38. The number of aliphatic hydroxyl groups is 1. The maximum atomic E-state index is 12.5. The molecule has 1 atom stereocenters. The summed E-state index contributed by atoms with van der Waals surface area (Å²) in [5.74, 6) is 6.70. The zero-order chi connectivity index (χ0) is 23.8. The predicted octanol–water partition coefficient (Wildman–Crippen LogP) is 2.87. The summed E-state index contributed by atoms with van der Waals surface area (Å²) in [5.41, 5.74) is 3.95. The molecule has 4 rings (SSSR count). The Hall–Kier alpha value is -3.37. The second-order valence-electron chi connectivity index (χ2n) is 8.36. The first kappa shape index (κ1) is 23.8. The average Bonchev–Trinajstić information content (AvgIpc) is 2.88. The Morgan fingerprint density at radius 1 is 0.971 bits per heavy atom. The molecule has 6 heteroatoms. The van der Waals surface area contributed by atoms with E-state index in [9.17, 15) is 9.90 Å². The molecule has 2 heterocycles. The smallest absolute Gasteiger partial charge is 0.293 e. The van der Waals surface area contributed by atoms with Crippen molar-refractivity contribution in [3.05, 3.63) is 99.5 Å². The van der Waals surface area contributed by atoms with Crippen molar-refractivity contribution in [2.24, 2.45) is 0 Å². The molecule has 0 spiro atoms. The molecule has 1 aliphatic heterocycles. The minimum Gasteiger partial charge on any atom is -0.491 e.